The van der Waals surface area contributed by atoms with Gasteiger partial charge < -0.3 is 10.2 Å². The van der Waals surface area contributed by atoms with E-state index in [0.29, 0.717) is 11.5 Å². The predicted octanol–water partition coefficient (Wildman–Crippen LogP) is 8.93. The molecule has 2 aromatic carbocycles. The van der Waals surface area contributed by atoms with Crippen LogP contribution < -0.4 is 0 Å². The molecule has 34 heavy (non-hydrogen) atoms. The minimum absolute atomic E-state index is 0.0476. The van der Waals surface area contributed by atoms with Gasteiger partial charge in [0.05, 0.1) is 0 Å². The van der Waals surface area contributed by atoms with E-state index in [2.05, 4.69) is 124 Å². The molecule has 0 aliphatic carbocycles. The van der Waals surface area contributed by atoms with Crippen molar-refractivity contribution in [2.24, 2.45) is 0 Å². The molecule has 1 unspecified atom stereocenters. The first kappa shape index (κ1) is 30.5. The molecule has 2 N–H and O–H groups in total. The summed E-state index contributed by atoms with van der Waals surface area (Å²) >= 11 is 0. The quantitative estimate of drug-likeness (QED) is 0.416. The molecule has 0 radical (unpaired) electrons. The number of phenols is 2. The van der Waals surface area contributed by atoms with E-state index in [-0.39, 0.29) is 27.6 Å². The smallest absolute Gasteiger partial charge is 0.123 e. The van der Waals surface area contributed by atoms with Crippen LogP contribution in [0, 0.1) is 0 Å². The van der Waals surface area contributed by atoms with Gasteiger partial charge in [-0.1, -0.05) is 121 Å². The maximum atomic E-state index is 11.4. The van der Waals surface area contributed by atoms with E-state index < -0.39 is 0 Å². The first-order chi connectivity index (χ1) is 15.2. The van der Waals surface area contributed by atoms with E-state index >= 15 is 0 Å². The van der Waals surface area contributed by atoms with Gasteiger partial charge >= 0.3 is 0 Å². The van der Waals surface area contributed by atoms with Crippen LogP contribution in [0.5, 0.6) is 11.5 Å². The first-order valence-corrected chi connectivity index (χ1v) is 13.6. The second kappa shape index (κ2) is 10.2. The van der Waals surface area contributed by atoms with Crippen LogP contribution in [-0.2, 0) is 21.7 Å². The van der Waals surface area contributed by atoms with Gasteiger partial charge in [0.1, 0.15) is 11.5 Å². The fraction of sp³-hybridized carbons (Fsp3) is 0.613. The van der Waals surface area contributed by atoms with Crippen molar-refractivity contribution in [1.29, 1.82) is 0 Å². The third-order valence-corrected chi connectivity index (χ3v) is 6.56. The Kier molecular flexibility index (Phi) is 9.17. The highest BCUT2D eigenvalue weighted by Crippen LogP contribution is 2.46. The molecular formula is C31H51O2P. The van der Waals surface area contributed by atoms with Crippen molar-refractivity contribution in [3.63, 3.8) is 0 Å². The number of benzene rings is 2. The van der Waals surface area contributed by atoms with Gasteiger partial charge in [-0.15, -0.1) is 9.24 Å². The first-order valence-electron chi connectivity index (χ1n) is 12.5. The van der Waals surface area contributed by atoms with E-state index in [4.69, 9.17) is 0 Å². The molecular weight excluding hydrogens is 435 g/mol. The Morgan fingerprint density at radius 3 is 1.00 bits per heavy atom. The van der Waals surface area contributed by atoms with Crippen molar-refractivity contribution in [2.75, 3.05) is 6.66 Å². The maximum Gasteiger partial charge on any atom is 0.123 e. The average molecular weight is 487 g/mol. The summed E-state index contributed by atoms with van der Waals surface area (Å²) in [6, 6.07) is 8.57. The van der Waals surface area contributed by atoms with Gasteiger partial charge in [0.15, 0.2) is 0 Å². The van der Waals surface area contributed by atoms with Crippen LogP contribution in [0.25, 0.3) is 0 Å². The molecule has 0 aliphatic heterocycles. The van der Waals surface area contributed by atoms with Gasteiger partial charge in [-0.05, 0) is 43.9 Å². The molecule has 2 nitrogen and oxygen atoms in total. The van der Waals surface area contributed by atoms with Crippen LogP contribution in [-0.4, -0.2) is 16.9 Å². The van der Waals surface area contributed by atoms with Crippen LogP contribution in [0.15, 0.2) is 24.3 Å². The molecule has 0 fully saturated rings. The highest BCUT2D eigenvalue weighted by molar-refractivity contribution is 7.15. The lowest BCUT2D eigenvalue weighted by molar-refractivity contribution is 0.428. The standard InChI is InChI=1S/C30H46O2.CH5P/c1-18(21-14-19(27(2,3)4)16-23(25(21)31)29(8,9)10)22-15-20(28(5,6)7)17-24(26(22)32)30(11,12)13;1-2/h14-18,31-32H,1-13H3;2H2,1H3. The summed E-state index contributed by atoms with van der Waals surface area (Å²) in [5.74, 6) is 0.536. The number of hydrogen-bond acceptors (Lipinski definition) is 2. The average Bonchev–Trinajstić information content (AvgIpc) is 2.65. The molecule has 2 rings (SSSR count). The molecule has 0 saturated carbocycles. The summed E-state index contributed by atoms with van der Waals surface area (Å²) < 4.78 is 0. The summed E-state index contributed by atoms with van der Waals surface area (Å²) in [5, 5.41) is 22.8. The normalized spacial score (nSPS) is 13.1. The van der Waals surface area contributed by atoms with Gasteiger partial charge in [-0.3, -0.25) is 0 Å². The highest BCUT2D eigenvalue weighted by Gasteiger charge is 2.31. The zero-order valence-corrected chi connectivity index (χ0v) is 25.5. The van der Waals surface area contributed by atoms with E-state index in [1.165, 1.54) is 11.1 Å². The van der Waals surface area contributed by atoms with E-state index in [0.717, 1.165) is 22.3 Å². The van der Waals surface area contributed by atoms with Crippen molar-refractivity contribution in [1.82, 2.24) is 0 Å². The summed E-state index contributed by atoms with van der Waals surface area (Å²) in [6.07, 6.45) is 0. The summed E-state index contributed by atoms with van der Waals surface area (Å²) in [7, 11) is 2.42. The van der Waals surface area contributed by atoms with Gasteiger partial charge in [0, 0.05) is 17.0 Å². The Balaban J connectivity index is 0.00000281. The lowest BCUT2D eigenvalue weighted by atomic mass is 9.74. The van der Waals surface area contributed by atoms with Crippen molar-refractivity contribution in [3.8, 4) is 11.5 Å². The van der Waals surface area contributed by atoms with Crippen LogP contribution in [0.1, 0.15) is 129 Å². The Morgan fingerprint density at radius 2 is 0.794 bits per heavy atom. The number of rotatable bonds is 2. The second-order valence-corrected chi connectivity index (χ2v) is 13.6. The topological polar surface area (TPSA) is 40.5 Å². The molecule has 0 spiro atoms. The molecule has 192 valence electrons. The van der Waals surface area contributed by atoms with Crippen molar-refractivity contribution in [3.05, 3.63) is 57.6 Å². The highest BCUT2D eigenvalue weighted by atomic mass is 31.0. The van der Waals surface area contributed by atoms with Crippen molar-refractivity contribution < 1.29 is 10.2 Å². The molecule has 0 aromatic heterocycles. The second-order valence-electron chi connectivity index (χ2n) is 13.6. The fourth-order valence-corrected chi connectivity index (χ4v) is 4.15. The molecule has 3 heteroatoms. The SMILES string of the molecule is CC(c1cc(C(C)(C)C)cc(C(C)(C)C)c1O)c1cc(C(C)(C)C)cc(C(C)(C)C)c1O.CP. The largest absolute Gasteiger partial charge is 0.507 e. The number of aromatic hydroxyl groups is 2. The van der Waals surface area contributed by atoms with E-state index in [9.17, 15) is 10.2 Å². The van der Waals surface area contributed by atoms with E-state index in [1.807, 2.05) is 6.66 Å². The number of hydrogen-bond donors (Lipinski definition) is 2. The monoisotopic (exact) mass is 486 g/mol. The fourth-order valence-electron chi connectivity index (χ4n) is 4.15. The van der Waals surface area contributed by atoms with Crippen molar-refractivity contribution >= 4 is 9.24 Å². The maximum absolute atomic E-state index is 11.4. The molecule has 0 amide bonds. The zero-order valence-electron chi connectivity index (χ0n) is 24.4. The molecule has 0 saturated heterocycles. The summed E-state index contributed by atoms with van der Waals surface area (Å²) in [4.78, 5) is 0. The number of phenolic OH excluding ortho intramolecular Hbond substituents is 2. The van der Waals surface area contributed by atoms with Gasteiger partial charge in [-0.2, -0.15) is 0 Å². The lowest BCUT2D eigenvalue weighted by Crippen LogP contribution is -2.19. The van der Waals surface area contributed by atoms with Crippen molar-refractivity contribution in [2.45, 2.75) is 118 Å². The van der Waals surface area contributed by atoms with Crippen LogP contribution in [0.3, 0.4) is 0 Å². The molecule has 2 aromatic rings. The Labute approximate surface area is 212 Å². The zero-order chi connectivity index (χ0) is 27.0. The van der Waals surface area contributed by atoms with Crippen LogP contribution in [0.4, 0.5) is 0 Å². The molecule has 0 heterocycles. The van der Waals surface area contributed by atoms with Crippen LogP contribution >= 0.6 is 9.24 Å². The van der Waals surface area contributed by atoms with Gasteiger partial charge in [0.2, 0.25) is 0 Å². The summed E-state index contributed by atoms with van der Waals surface area (Å²) in [6.45, 7) is 30.1. The predicted molar refractivity (Wildman–Crippen MR) is 154 cm³/mol. The molecule has 1 atom stereocenters. The third-order valence-electron chi connectivity index (χ3n) is 6.56. The molecule has 0 aliphatic rings. The minimum Gasteiger partial charge on any atom is -0.507 e. The van der Waals surface area contributed by atoms with Gasteiger partial charge in [-0.25, -0.2) is 0 Å². The third kappa shape index (κ3) is 6.78. The van der Waals surface area contributed by atoms with Crippen LogP contribution in [0.2, 0.25) is 0 Å². The van der Waals surface area contributed by atoms with Gasteiger partial charge in [0.25, 0.3) is 0 Å². The molecule has 0 bridgehead atoms. The Morgan fingerprint density at radius 1 is 0.529 bits per heavy atom. The Hall–Kier alpha value is -1.53. The minimum atomic E-state index is -0.189. The summed E-state index contributed by atoms with van der Waals surface area (Å²) in [5.41, 5.74) is 5.59. The Bertz CT molecular complexity index is 909. The lowest BCUT2D eigenvalue weighted by Gasteiger charge is -2.31. The van der Waals surface area contributed by atoms with E-state index in [1.54, 1.807) is 0 Å².